The van der Waals surface area contributed by atoms with Crippen molar-refractivity contribution in [3.63, 3.8) is 0 Å². The summed E-state index contributed by atoms with van der Waals surface area (Å²) in [5.41, 5.74) is 6.24. The third-order valence-corrected chi connectivity index (χ3v) is 4.05. The predicted octanol–water partition coefficient (Wildman–Crippen LogP) is 0.742. The van der Waals surface area contributed by atoms with Crippen LogP contribution >= 0.6 is 0 Å². The van der Waals surface area contributed by atoms with Crippen LogP contribution < -0.4 is 10.5 Å². The molecule has 0 aliphatic rings. The molecule has 0 saturated heterocycles. The molecule has 0 saturated carbocycles. The Labute approximate surface area is 111 Å². The van der Waals surface area contributed by atoms with E-state index in [9.17, 15) is 8.42 Å². The number of hydrogen-bond donors (Lipinski definition) is 2. The molecule has 6 nitrogen and oxygen atoms in total. The largest absolute Gasteiger partial charge is 0.384 e. The summed E-state index contributed by atoms with van der Waals surface area (Å²) in [5, 5.41) is 0.726. The zero-order chi connectivity index (χ0) is 13.9. The van der Waals surface area contributed by atoms with Gasteiger partial charge in [-0.1, -0.05) is 0 Å². The minimum atomic E-state index is -3.52. The van der Waals surface area contributed by atoms with Gasteiger partial charge in [-0.3, -0.25) is 0 Å². The molecule has 0 aliphatic carbocycles. The number of hydrogen-bond acceptors (Lipinski definition) is 5. The Morgan fingerprint density at radius 3 is 2.84 bits per heavy atom. The minimum absolute atomic E-state index is 0.197. The fraction of sp³-hybridized carbons (Fsp3) is 0.250. The molecule has 1 heterocycles. The number of methoxy groups -OCH3 is 1. The summed E-state index contributed by atoms with van der Waals surface area (Å²) in [7, 11) is -2.01. The summed E-state index contributed by atoms with van der Waals surface area (Å²) in [6.45, 7) is 0.557. The Morgan fingerprint density at radius 1 is 1.32 bits per heavy atom. The number of nitrogen functional groups attached to an aromatic ring is 1. The van der Waals surface area contributed by atoms with Crippen LogP contribution in [-0.2, 0) is 14.8 Å². The smallest absolute Gasteiger partial charge is 0.240 e. The molecule has 0 radical (unpaired) electrons. The number of pyridine rings is 1. The monoisotopic (exact) mass is 281 g/mol. The molecule has 0 fully saturated rings. The van der Waals surface area contributed by atoms with Crippen molar-refractivity contribution in [2.24, 2.45) is 0 Å². The predicted molar refractivity (Wildman–Crippen MR) is 73.2 cm³/mol. The molecule has 2 rings (SSSR count). The molecule has 3 N–H and O–H groups in total. The van der Waals surface area contributed by atoms with Crippen molar-refractivity contribution >= 4 is 26.7 Å². The van der Waals surface area contributed by atoms with E-state index in [1.165, 1.54) is 13.2 Å². The molecule has 0 amide bonds. The third kappa shape index (κ3) is 3.19. The van der Waals surface area contributed by atoms with Crippen molar-refractivity contribution in [1.29, 1.82) is 0 Å². The van der Waals surface area contributed by atoms with Crippen molar-refractivity contribution in [3.8, 4) is 0 Å². The summed E-state index contributed by atoms with van der Waals surface area (Å²) in [6, 6.07) is 8.08. The van der Waals surface area contributed by atoms with Crippen LogP contribution in [0.3, 0.4) is 0 Å². The van der Waals surface area contributed by atoms with Crippen LogP contribution in [0.25, 0.3) is 10.9 Å². The summed E-state index contributed by atoms with van der Waals surface area (Å²) in [4.78, 5) is 4.31. The first-order valence-electron chi connectivity index (χ1n) is 5.68. The van der Waals surface area contributed by atoms with E-state index in [0.29, 0.717) is 17.9 Å². The SMILES string of the molecule is COCCNS(=O)(=O)c1ccc2nc(N)ccc2c1. The van der Waals surface area contributed by atoms with Crippen molar-refractivity contribution in [3.05, 3.63) is 30.3 Å². The maximum atomic E-state index is 12.0. The Hall–Kier alpha value is -1.70. The van der Waals surface area contributed by atoms with Gasteiger partial charge in [0.25, 0.3) is 0 Å². The first-order valence-corrected chi connectivity index (χ1v) is 7.16. The average molecular weight is 281 g/mol. The van der Waals surface area contributed by atoms with E-state index < -0.39 is 10.0 Å². The lowest BCUT2D eigenvalue weighted by Gasteiger charge is -2.07. The molecule has 0 spiro atoms. The topological polar surface area (TPSA) is 94.3 Å². The molecule has 19 heavy (non-hydrogen) atoms. The van der Waals surface area contributed by atoms with Crippen molar-refractivity contribution in [2.75, 3.05) is 26.0 Å². The molecular weight excluding hydrogens is 266 g/mol. The third-order valence-electron chi connectivity index (χ3n) is 2.59. The molecule has 102 valence electrons. The quantitative estimate of drug-likeness (QED) is 0.788. The van der Waals surface area contributed by atoms with Crippen LogP contribution in [0.4, 0.5) is 5.82 Å². The lowest BCUT2D eigenvalue weighted by atomic mass is 10.2. The first kappa shape index (κ1) is 13.7. The van der Waals surface area contributed by atoms with Gasteiger partial charge in [-0.25, -0.2) is 18.1 Å². The molecule has 7 heteroatoms. The van der Waals surface area contributed by atoms with Crippen molar-refractivity contribution in [2.45, 2.75) is 4.90 Å². The lowest BCUT2D eigenvalue weighted by Crippen LogP contribution is -2.27. The first-order chi connectivity index (χ1) is 9.03. The van der Waals surface area contributed by atoms with Gasteiger partial charge in [0.1, 0.15) is 5.82 Å². The summed E-state index contributed by atoms with van der Waals surface area (Å²) in [6.07, 6.45) is 0. The maximum absolute atomic E-state index is 12.0. The second kappa shape index (κ2) is 5.52. The number of anilines is 1. The molecule has 0 atom stereocenters. The van der Waals surface area contributed by atoms with E-state index in [-0.39, 0.29) is 11.4 Å². The van der Waals surface area contributed by atoms with Crippen LogP contribution in [0, 0.1) is 0 Å². The van der Waals surface area contributed by atoms with Crippen LogP contribution in [-0.4, -0.2) is 33.7 Å². The molecule has 0 unspecified atom stereocenters. The highest BCUT2D eigenvalue weighted by Gasteiger charge is 2.13. The minimum Gasteiger partial charge on any atom is -0.384 e. The fourth-order valence-corrected chi connectivity index (χ4v) is 2.70. The second-order valence-electron chi connectivity index (χ2n) is 3.98. The number of nitrogens with zero attached hydrogens (tertiary/aromatic N) is 1. The number of rotatable bonds is 5. The molecule has 0 aliphatic heterocycles. The van der Waals surface area contributed by atoms with E-state index in [4.69, 9.17) is 10.5 Å². The van der Waals surface area contributed by atoms with E-state index >= 15 is 0 Å². The highest BCUT2D eigenvalue weighted by molar-refractivity contribution is 7.89. The molecule has 1 aromatic carbocycles. The van der Waals surface area contributed by atoms with E-state index in [2.05, 4.69) is 9.71 Å². The molecule has 0 bridgehead atoms. The van der Waals surface area contributed by atoms with Gasteiger partial charge in [0.05, 0.1) is 17.0 Å². The van der Waals surface area contributed by atoms with Gasteiger partial charge in [-0.05, 0) is 30.3 Å². The average Bonchev–Trinajstić information content (AvgIpc) is 2.38. The number of benzene rings is 1. The van der Waals surface area contributed by atoms with Gasteiger partial charge in [-0.2, -0.15) is 0 Å². The maximum Gasteiger partial charge on any atom is 0.240 e. The highest BCUT2D eigenvalue weighted by atomic mass is 32.2. The number of nitrogens with two attached hydrogens (primary N) is 1. The van der Waals surface area contributed by atoms with Gasteiger partial charge in [0.2, 0.25) is 10.0 Å². The van der Waals surface area contributed by atoms with Crippen molar-refractivity contribution < 1.29 is 13.2 Å². The highest BCUT2D eigenvalue weighted by Crippen LogP contribution is 2.18. The van der Waals surface area contributed by atoms with Crippen LogP contribution in [0.1, 0.15) is 0 Å². The van der Waals surface area contributed by atoms with E-state index in [1.54, 1.807) is 24.3 Å². The van der Waals surface area contributed by atoms with Crippen molar-refractivity contribution in [1.82, 2.24) is 9.71 Å². The van der Waals surface area contributed by atoms with E-state index in [0.717, 1.165) is 5.39 Å². The Morgan fingerprint density at radius 2 is 2.11 bits per heavy atom. The zero-order valence-electron chi connectivity index (χ0n) is 10.5. The van der Waals surface area contributed by atoms with Crippen LogP contribution in [0.2, 0.25) is 0 Å². The Bertz CT molecular complexity index is 686. The molecule has 2 aromatic rings. The number of aromatic nitrogens is 1. The van der Waals surface area contributed by atoms with Gasteiger partial charge >= 0.3 is 0 Å². The standard InChI is InChI=1S/C12H15N3O3S/c1-18-7-6-14-19(16,17)10-3-4-11-9(8-10)2-5-12(13)15-11/h2-5,8,14H,6-7H2,1H3,(H2,13,15). The van der Waals surface area contributed by atoms with Gasteiger partial charge in [0.15, 0.2) is 0 Å². The normalized spacial score (nSPS) is 11.8. The number of ether oxygens (including phenoxy) is 1. The number of nitrogens with one attached hydrogen (secondary N) is 1. The fourth-order valence-electron chi connectivity index (χ4n) is 1.65. The molecule has 1 aromatic heterocycles. The van der Waals surface area contributed by atoms with Gasteiger partial charge in [0, 0.05) is 19.0 Å². The second-order valence-corrected chi connectivity index (χ2v) is 5.75. The number of fused-ring (bicyclic) bond motifs is 1. The summed E-state index contributed by atoms with van der Waals surface area (Å²) < 4.78 is 31.3. The summed E-state index contributed by atoms with van der Waals surface area (Å²) in [5.74, 6) is 0.404. The van der Waals surface area contributed by atoms with Crippen LogP contribution in [0.15, 0.2) is 35.2 Å². The van der Waals surface area contributed by atoms with Gasteiger partial charge in [-0.15, -0.1) is 0 Å². The molecular formula is C12H15N3O3S. The van der Waals surface area contributed by atoms with Gasteiger partial charge < -0.3 is 10.5 Å². The Balaban J connectivity index is 2.32. The zero-order valence-corrected chi connectivity index (χ0v) is 11.3. The summed E-state index contributed by atoms with van der Waals surface area (Å²) >= 11 is 0. The number of sulfonamides is 1. The van der Waals surface area contributed by atoms with Crippen LogP contribution in [0.5, 0.6) is 0 Å². The Kier molecular flexibility index (Phi) is 3.98. The van der Waals surface area contributed by atoms with E-state index in [1.807, 2.05) is 0 Å². The lowest BCUT2D eigenvalue weighted by molar-refractivity contribution is 0.204.